The van der Waals surface area contributed by atoms with Crippen molar-refractivity contribution in [3.63, 3.8) is 0 Å². The Hall–Kier alpha value is -3.58. The summed E-state index contributed by atoms with van der Waals surface area (Å²) in [6.07, 6.45) is 6.75. The molecule has 0 fully saturated rings. The first-order chi connectivity index (χ1) is 22.9. The molecule has 1 nitrogen and oxygen atoms in total. The number of hydrogen-bond donors (Lipinski definition) is 1. The lowest BCUT2D eigenvalue weighted by Crippen LogP contribution is -2.52. The minimum atomic E-state index is -0.211. The Kier molecular flexibility index (Phi) is 11.2. The lowest BCUT2D eigenvalue weighted by molar-refractivity contribution is 0.0544. The molecule has 2 N–H and O–H groups in total. The molecule has 0 bridgehead atoms. The van der Waals surface area contributed by atoms with E-state index in [2.05, 4.69) is 138 Å². The number of nitrogens with two attached hydrogens (primary N) is 1. The SMILES string of the molecule is C=C(N)C1=C(C)C[C@]2(C)C[C@]3(C)Cc4c(-c5ccc(CC)c6ccccc56)ccc(C)c4C(=C)C3=C(C)[C@]2(C)C1=C.CC(C)C.CCCC. The van der Waals surface area contributed by atoms with Crippen molar-refractivity contribution in [1.82, 2.24) is 0 Å². The van der Waals surface area contributed by atoms with Crippen LogP contribution in [0.2, 0.25) is 0 Å². The third kappa shape index (κ3) is 6.44. The minimum absolute atomic E-state index is 0.0205. The van der Waals surface area contributed by atoms with Crippen LogP contribution in [0.4, 0.5) is 0 Å². The van der Waals surface area contributed by atoms with Crippen LogP contribution in [0.3, 0.4) is 0 Å². The smallest absolute Gasteiger partial charge is 0.0316 e. The summed E-state index contributed by atoms with van der Waals surface area (Å²) in [7, 11) is 0. The number of allylic oxidation sites excluding steroid dienone is 5. The predicted molar refractivity (Wildman–Crippen MR) is 219 cm³/mol. The zero-order chi connectivity index (χ0) is 36.6. The second-order valence-electron chi connectivity index (χ2n) is 16.6. The molecule has 1 heteroatoms. The molecule has 0 unspecified atom stereocenters. The van der Waals surface area contributed by atoms with Gasteiger partial charge in [0.1, 0.15) is 0 Å². The van der Waals surface area contributed by atoms with E-state index in [0.717, 1.165) is 42.7 Å². The largest absolute Gasteiger partial charge is 0.399 e. The fourth-order valence-corrected chi connectivity index (χ4v) is 9.54. The third-order valence-corrected chi connectivity index (χ3v) is 11.9. The van der Waals surface area contributed by atoms with Crippen molar-refractivity contribution in [2.75, 3.05) is 0 Å². The highest BCUT2D eigenvalue weighted by molar-refractivity contribution is 6.01. The Morgan fingerprint density at radius 1 is 0.816 bits per heavy atom. The molecule has 3 aromatic carbocycles. The molecular formula is C48H65N. The molecule has 0 saturated heterocycles. The van der Waals surface area contributed by atoms with E-state index in [0.29, 0.717) is 5.70 Å². The summed E-state index contributed by atoms with van der Waals surface area (Å²) in [4.78, 5) is 0. The molecule has 0 amide bonds. The quantitative estimate of drug-likeness (QED) is 0.297. The van der Waals surface area contributed by atoms with Crippen molar-refractivity contribution in [3.05, 3.63) is 124 Å². The molecular weight excluding hydrogens is 591 g/mol. The van der Waals surface area contributed by atoms with Gasteiger partial charge in [-0.25, -0.2) is 0 Å². The summed E-state index contributed by atoms with van der Waals surface area (Å²) < 4.78 is 0. The average Bonchev–Trinajstić information content (AvgIpc) is 3.02. The maximum atomic E-state index is 6.37. The molecule has 0 spiro atoms. The van der Waals surface area contributed by atoms with E-state index in [1.54, 1.807) is 0 Å². The standard InChI is InChI=1S/C40H45N.2C4H10/c1-11-29-17-19-32(31-15-13-12-14-30(29)31)33-18-16-23(2)35-25(4)37-27(6)40(10)26(5)36(28(7)41)24(3)20-39(40,9)22-38(37,8)21-34(33)35;1-4(2)3;1-3-4-2/h12-19H,4-5,7,11,20-22,41H2,1-3,6,8-10H3;4H,1-3H3;3-4H2,1-2H3/t38-,39+,40-;;/m0../s1. The van der Waals surface area contributed by atoms with Gasteiger partial charge in [-0.2, -0.15) is 0 Å². The molecule has 0 heterocycles. The van der Waals surface area contributed by atoms with Gasteiger partial charge < -0.3 is 5.73 Å². The van der Waals surface area contributed by atoms with Gasteiger partial charge in [-0.1, -0.05) is 155 Å². The lowest BCUT2D eigenvalue weighted by Gasteiger charge is -2.62. The molecule has 0 saturated carbocycles. The average molecular weight is 656 g/mol. The van der Waals surface area contributed by atoms with Crippen LogP contribution in [0.15, 0.2) is 102 Å². The number of fused-ring (bicyclic) bond motifs is 4. The summed E-state index contributed by atoms with van der Waals surface area (Å²) in [5.41, 5.74) is 22.5. The van der Waals surface area contributed by atoms with Crippen LogP contribution in [-0.2, 0) is 12.8 Å². The van der Waals surface area contributed by atoms with Crippen molar-refractivity contribution in [3.8, 4) is 11.1 Å². The monoisotopic (exact) mass is 656 g/mol. The maximum absolute atomic E-state index is 6.37. The molecule has 0 radical (unpaired) electrons. The van der Waals surface area contributed by atoms with Crippen molar-refractivity contribution in [2.24, 2.45) is 27.9 Å². The van der Waals surface area contributed by atoms with Gasteiger partial charge in [0.25, 0.3) is 0 Å². The lowest BCUT2D eigenvalue weighted by atomic mass is 9.41. The Morgan fingerprint density at radius 2 is 1.39 bits per heavy atom. The van der Waals surface area contributed by atoms with Gasteiger partial charge in [-0.05, 0) is 130 Å². The zero-order valence-corrected chi connectivity index (χ0v) is 33.1. The van der Waals surface area contributed by atoms with Gasteiger partial charge in [0.05, 0.1) is 0 Å². The summed E-state index contributed by atoms with van der Waals surface area (Å²) in [5.74, 6) is 0.833. The molecule has 262 valence electrons. The Labute approximate surface area is 300 Å². The van der Waals surface area contributed by atoms with Crippen LogP contribution in [-0.4, -0.2) is 0 Å². The molecule has 3 aromatic rings. The highest BCUT2D eigenvalue weighted by atomic mass is 14.7. The van der Waals surface area contributed by atoms with Gasteiger partial charge in [0.2, 0.25) is 0 Å². The fraction of sp³-hybridized carbons (Fsp3) is 0.458. The maximum Gasteiger partial charge on any atom is 0.0316 e. The van der Waals surface area contributed by atoms with Crippen LogP contribution < -0.4 is 5.73 Å². The van der Waals surface area contributed by atoms with E-state index in [9.17, 15) is 0 Å². The molecule has 3 aliphatic rings. The van der Waals surface area contributed by atoms with E-state index in [-0.39, 0.29) is 16.2 Å². The van der Waals surface area contributed by atoms with Crippen LogP contribution in [0.5, 0.6) is 0 Å². The van der Waals surface area contributed by atoms with E-state index >= 15 is 0 Å². The second kappa shape index (κ2) is 14.3. The zero-order valence-electron chi connectivity index (χ0n) is 33.1. The highest BCUT2D eigenvalue weighted by Gasteiger charge is 2.60. The van der Waals surface area contributed by atoms with Crippen molar-refractivity contribution < 1.29 is 0 Å². The molecule has 0 aliphatic heterocycles. The van der Waals surface area contributed by atoms with Gasteiger partial charge in [-0.3, -0.25) is 0 Å². The molecule has 3 aliphatic carbocycles. The number of aryl methyl sites for hydroxylation is 2. The minimum Gasteiger partial charge on any atom is -0.399 e. The van der Waals surface area contributed by atoms with Crippen LogP contribution in [0.1, 0.15) is 124 Å². The number of benzene rings is 3. The number of hydrogen-bond acceptors (Lipinski definition) is 1. The van der Waals surface area contributed by atoms with Gasteiger partial charge in [-0.15, -0.1) is 0 Å². The first-order valence-corrected chi connectivity index (χ1v) is 18.8. The van der Waals surface area contributed by atoms with E-state index in [1.807, 2.05) is 0 Å². The summed E-state index contributed by atoms with van der Waals surface area (Å²) in [5, 5.41) is 2.70. The van der Waals surface area contributed by atoms with Crippen LogP contribution >= 0.6 is 0 Å². The molecule has 6 rings (SSSR count). The van der Waals surface area contributed by atoms with Crippen molar-refractivity contribution >= 4 is 16.3 Å². The topological polar surface area (TPSA) is 26.0 Å². The number of rotatable bonds is 4. The normalized spacial score (nSPS) is 24.4. The predicted octanol–water partition coefficient (Wildman–Crippen LogP) is 13.9. The highest BCUT2D eigenvalue weighted by Crippen LogP contribution is 2.70. The second-order valence-corrected chi connectivity index (χ2v) is 16.6. The summed E-state index contributed by atoms with van der Waals surface area (Å²) >= 11 is 0. The van der Waals surface area contributed by atoms with Gasteiger partial charge in [0.15, 0.2) is 0 Å². The molecule has 0 aromatic heterocycles. The van der Waals surface area contributed by atoms with E-state index in [4.69, 9.17) is 18.9 Å². The Morgan fingerprint density at radius 3 is 1.94 bits per heavy atom. The van der Waals surface area contributed by atoms with E-state index < -0.39 is 0 Å². The summed E-state index contributed by atoms with van der Waals surface area (Å²) in [6.45, 7) is 41.0. The third-order valence-electron chi connectivity index (χ3n) is 11.9. The first-order valence-electron chi connectivity index (χ1n) is 18.8. The Balaban J connectivity index is 0.000000612. The van der Waals surface area contributed by atoms with Crippen molar-refractivity contribution in [2.45, 2.75) is 122 Å². The summed E-state index contributed by atoms with van der Waals surface area (Å²) in [6, 6.07) is 18.3. The number of unbranched alkanes of at least 4 members (excludes halogenated alkanes) is 1. The van der Waals surface area contributed by atoms with Gasteiger partial charge >= 0.3 is 0 Å². The first kappa shape index (κ1) is 38.2. The fourth-order valence-electron chi connectivity index (χ4n) is 9.54. The van der Waals surface area contributed by atoms with Crippen molar-refractivity contribution in [1.29, 1.82) is 0 Å². The van der Waals surface area contributed by atoms with Crippen LogP contribution in [0, 0.1) is 29.1 Å². The molecule has 49 heavy (non-hydrogen) atoms. The van der Waals surface area contributed by atoms with Gasteiger partial charge in [0, 0.05) is 11.1 Å². The Bertz CT molecular complexity index is 1850. The van der Waals surface area contributed by atoms with Crippen LogP contribution in [0.25, 0.3) is 27.5 Å². The van der Waals surface area contributed by atoms with E-state index in [1.165, 1.54) is 79.3 Å². The molecule has 3 atom stereocenters.